The summed E-state index contributed by atoms with van der Waals surface area (Å²) in [5, 5.41) is 3.48. The van der Waals surface area contributed by atoms with Crippen LogP contribution in [0.25, 0.3) is 11.0 Å². The van der Waals surface area contributed by atoms with Gasteiger partial charge in [0.25, 0.3) is 0 Å². The first-order chi connectivity index (χ1) is 11.6. The number of benzene rings is 2. The molecule has 0 unspecified atom stereocenters. The molecule has 24 heavy (non-hydrogen) atoms. The summed E-state index contributed by atoms with van der Waals surface area (Å²) in [6.45, 7) is 2.14. The molecule has 0 radical (unpaired) electrons. The minimum atomic E-state index is -0.0198. The lowest BCUT2D eigenvalue weighted by molar-refractivity contribution is -0.116. The second-order valence-corrected chi connectivity index (χ2v) is 6.28. The van der Waals surface area contributed by atoms with Crippen molar-refractivity contribution in [3.8, 4) is 0 Å². The molecule has 0 aliphatic rings. The van der Waals surface area contributed by atoms with E-state index in [1.165, 1.54) is 0 Å². The van der Waals surface area contributed by atoms with E-state index in [2.05, 4.69) is 28.3 Å². The first-order valence-corrected chi connectivity index (χ1v) is 8.55. The number of halogens is 1. The van der Waals surface area contributed by atoms with Crippen molar-refractivity contribution >= 4 is 34.2 Å². The number of aromatic amines is 1. The zero-order chi connectivity index (χ0) is 16.9. The molecule has 2 aromatic carbocycles. The van der Waals surface area contributed by atoms with Crippen molar-refractivity contribution in [2.75, 3.05) is 5.32 Å². The number of hydrogen-bond acceptors (Lipinski definition) is 2. The largest absolute Gasteiger partial charge is 0.342 e. The third kappa shape index (κ3) is 4.15. The average molecular weight is 342 g/mol. The van der Waals surface area contributed by atoms with Gasteiger partial charge in [0.05, 0.1) is 11.0 Å². The molecule has 0 bridgehead atoms. The Kier molecular flexibility index (Phi) is 5.16. The van der Waals surface area contributed by atoms with Gasteiger partial charge in [0.15, 0.2) is 0 Å². The topological polar surface area (TPSA) is 57.8 Å². The molecule has 1 heterocycles. The molecular formula is C19H20ClN3O. The first kappa shape index (κ1) is 16.5. The van der Waals surface area contributed by atoms with Crippen LogP contribution in [0.1, 0.15) is 31.2 Å². The van der Waals surface area contributed by atoms with E-state index in [0.717, 1.165) is 41.0 Å². The Labute approximate surface area is 146 Å². The van der Waals surface area contributed by atoms with Crippen molar-refractivity contribution in [1.82, 2.24) is 9.97 Å². The third-order valence-corrected chi connectivity index (χ3v) is 4.07. The van der Waals surface area contributed by atoms with Crippen LogP contribution in [-0.2, 0) is 17.6 Å². The Balaban J connectivity index is 1.61. The van der Waals surface area contributed by atoms with Gasteiger partial charge in [0, 0.05) is 23.6 Å². The van der Waals surface area contributed by atoms with E-state index in [-0.39, 0.29) is 5.91 Å². The minimum Gasteiger partial charge on any atom is -0.342 e. The summed E-state index contributed by atoms with van der Waals surface area (Å²) in [5.41, 5.74) is 3.85. The van der Waals surface area contributed by atoms with Gasteiger partial charge in [-0.25, -0.2) is 4.98 Å². The number of nitrogens with zero attached hydrogens (tertiary/aromatic N) is 1. The van der Waals surface area contributed by atoms with Crippen LogP contribution >= 0.6 is 11.6 Å². The van der Waals surface area contributed by atoms with Crippen LogP contribution in [0.4, 0.5) is 5.69 Å². The summed E-state index contributed by atoms with van der Waals surface area (Å²) in [5.74, 6) is 0.997. The normalized spacial score (nSPS) is 10.9. The molecule has 4 nitrogen and oxygen atoms in total. The number of imidazole rings is 1. The molecule has 1 amide bonds. The molecule has 3 rings (SSSR count). The van der Waals surface area contributed by atoms with Gasteiger partial charge in [0.2, 0.25) is 5.91 Å². The van der Waals surface area contributed by atoms with Gasteiger partial charge >= 0.3 is 0 Å². The molecule has 0 fully saturated rings. The van der Waals surface area contributed by atoms with E-state index in [4.69, 9.17) is 11.6 Å². The second kappa shape index (κ2) is 7.49. The number of H-pyrrole nitrogens is 1. The average Bonchev–Trinajstić information content (AvgIpc) is 2.95. The fraction of sp³-hybridized carbons (Fsp3) is 0.263. The Morgan fingerprint density at radius 2 is 2.08 bits per heavy atom. The van der Waals surface area contributed by atoms with E-state index in [9.17, 15) is 4.79 Å². The summed E-state index contributed by atoms with van der Waals surface area (Å²) in [6.07, 6.45) is 3.13. The Bertz CT molecular complexity index is 857. The smallest absolute Gasteiger partial charge is 0.224 e. The first-order valence-electron chi connectivity index (χ1n) is 8.17. The van der Waals surface area contributed by atoms with E-state index in [1.54, 1.807) is 12.1 Å². The summed E-state index contributed by atoms with van der Waals surface area (Å²) < 4.78 is 0. The second-order valence-electron chi connectivity index (χ2n) is 5.84. The summed E-state index contributed by atoms with van der Waals surface area (Å²) in [6, 6.07) is 13.3. The predicted octanol–water partition coefficient (Wildman–Crippen LogP) is 4.74. The number of nitrogens with one attached hydrogen (secondary N) is 2. The molecule has 0 spiro atoms. The molecule has 2 N–H and O–H groups in total. The van der Waals surface area contributed by atoms with Crippen LogP contribution in [0.15, 0.2) is 42.5 Å². The summed E-state index contributed by atoms with van der Waals surface area (Å²) in [7, 11) is 0. The van der Waals surface area contributed by atoms with Gasteiger partial charge in [-0.15, -0.1) is 0 Å². The van der Waals surface area contributed by atoms with Gasteiger partial charge in [-0.3, -0.25) is 4.79 Å². The molecule has 0 atom stereocenters. The number of fused-ring (bicyclic) bond motifs is 1. The standard InChI is InChI=1S/C19H20ClN3O/c1-2-4-18-22-16-9-7-13(11-17(16)23-18)8-10-19(24)21-15-6-3-5-14(20)12-15/h3,5-7,9,11-12H,2,4,8,10H2,1H3,(H,21,24)(H,22,23). The zero-order valence-corrected chi connectivity index (χ0v) is 14.4. The summed E-state index contributed by atoms with van der Waals surface area (Å²) >= 11 is 5.92. The lowest BCUT2D eigenvalue weighted by Crippen LogP contribution is -2.12. The Morgan fingerprint density at radius 1 is 1.21 bits per heavy atom. The van der Waals surface area contributed by atoms with Crippen LogP contribution in [0.3, 0.4) is 0 Å². The van der Waals surface area contributed by atoms with Gasteiger partial charge in [0.1, 0.15) is 5.82 Å². The highest BCUT2D eigenvalue weighted by atomic mass is 35.5. The highest BCUT2D eigenvalue weighted by Crippen LogP contribution is 2.17. The van der Waals surface area contributed by atoms with Crippen LogP contribution in [0.5, 0.6) is 0 Å². The van der Waals surface area contributed by atoms with E-state index in [0.29, 0.717) is 17.9 Å². The number of amides is 1. The number of aromatic nitrogens is 2. The number of hydrogen-bond donors (Lipinski definition) is 2. The predicted molar refractivity (Wildman–Crippen MR) is 98.5 cm³/mol. The molecule has 0 saturated carbocycles. The lowest BCUT2D eigenvalue weighted by atomic mass is 10.1. The molecule has 1 aromatic heterocycles. The molecule has 0 saturated heterocycles. The van der Waals surface area contributed by atoms with Crippen LogP contribution in [0, 0.1) is 0 Å². The van der Waals surface area contributed by atoms with Crippen molar-refractivity contribution in [2.45, 2.75) is 32.6 Å². The molecule has 5 heteroatoms. The number of carbonyl (C=O) groups is 1. The number of carbonyl (C=O) groups excluding carboxylic acids is 1. The molecule has 0 aliphatic heterocycles. The van der Waals surface area contributed by atoms with Crippen molar-refractivity contribution < 1.29 is 4.79 Å². The van der Waals surface area contributed by atoms with Crippen molar-refractivity contribution in [3.63, 3.8) is 0 Å². The quantitative estimate of drug-likeness (QED) is 0.680. The van der Waals surface area contributed by atoms with Gasteiger partial charge < -0.3 is 10.3 Å². The minimum absolute atomic E-state index is 0.0198. The highest BCUT2D eigenvalue weighted by molar-refractivity contribution is 6.30. The van der Waals surface area contributed by atoms with Gasteiger partial charge in [-0.2, -0.15) is 0 Å². The fourth-order valence-electron chi connectivity index (χ4n) is 2.67. The summed E-state index contributed by atoms with van der Waals surface area (Å²) in [4.78, 5) is 20.0. The Morgan fingerprint density at radius 3 is 2.88 bits per heavy atom. The van der Waals surface area contributed by atoms with Crippen LogP contribution in [-0.4, -0.2) is 15.9 Å². The molecular weight excluding hydrogens is 322 g/mol. The zero-order valence-electron chi connectivity index (χ0n) is 13.6. The maximum Gasteiger partial charge on any atom is 0.224 e. The van der Waals surface area contributed by atoms with E-state index < -0.39 is 0 Å². The van der Waals surface area contributed by atoms with E-state index >= 15 is 0 Å². The fourth-order valence-corrected chi connectivity index (χ4v) is 2.86. The molecule has 0 aliphatic carbocycles. The number of rotatable bonds is 6. The van der Waals surface area contributed by atoms with Gasteiger partial charge in [-0.05, 0) is 48.7 Å². The van der Waals surface area contributed by atoms with Crippen LogP contribution in [0.2, 0.25) is 5.02 Å². The Hall–Kier alpha value is -2.33. The van der Waals surface area contributed by atoms with Gasteiger partial charge in [-0.1, -0.05) is 30.7 Å². The maximum atomic E-state index is 12.1. The highest BCUT2D eigenvalue weighted by Gasteiger charge is 2.06. The maximum absolute atomic E-state index is 12.1. The van der Waals surface area contributed by atoms with Crippen molar-refractivity contribution in [2.24, 2.45) is 0 Å². The van der Waals surface area contributed by atoms with Crippen molar-refractivity contribution in [3.05, 3.63) is 58.9 Å². The number of aryl methyl sites for hydroxylation is 2. The third-order valence-electron chi connectivity index (χ3n) is 3.83. The monoisotopic (exact) mass is 341 g/mol. The lowest BCUT2D eigenvalue weighted by Gasteiger charge is -2.05. The number of anilines is 1. The van der Waals surface area contributed by atoms with E-state index in [1.807, 2.05) is 24.3 Å². The van der Waals surface area contributed by atoms with Crippen molar-refractivity contribution in [1.29, 1.82) is 0 Å². The molecule has 124 valence electrons. The SMILES string of the molecule is CCCc1nc2ccc(CCC(=O)Nc3cccc(Cl)c3)cc2[nH]1. The molecule has 3 aromatic rings. The van der Waals surface area contributed by atoms with Crippen LogP contribution < -0.4 is 5.32 Å².